The average molecular weight is 330 g/mol. The van der Waals surface area contributed by atoms with Crippen LogP contribution in [0.1, 0.15) is 26.0 Å². The minimum Gasteiger partial charge on any atom is -0.328 e. The van der Waals surface area contributed by atoms with Crippen molar-refractivity contribution < 1.29 is 0 Å². The van der Waals surface area contributed by atoms with Gasteiger partial charge in [0.1, 0.15) is 10.8 Å². The maximum atomic E-state index is 6.14. The van der Waals surface area contributed by atoms with Crippen LogP contribution in [0.4, 0.5) is 0 Å². The molecule has 0 aliphatic carbocycles. The number of halogens is 2. The summed E-state index contributed by atoms with van der Waals surface area (Å²) in [7, 11) is 0. The molecule has 2 rings (SSSR count). The number of imidazole rings is 1. The summed E-state index contributed by atoms with van der Waals surface area (Å²) in [5, 5.41) is 0.451. The van der Waals surface area contributed by atoms with Gasteiger partial charge in [0.2, 0.25) is 0 Å². The Labute approximate surface area is 120 Å². The second-order valence-electron chi connectivity index (χ2n) is 3.91. The summed E-state index contributed by atoms with van der Waals surface area (Å²) in [4.78, 5) is 13.0. The van der Waals surface area contributed by atoms with E-state index in [0.717, 1.165) is 35.2 Å². The lowest BCUT2D eigenvalue weighted by molar-refractivity contribution is 0.761. The Hall–Kier alpha value is -0.940. The molecule has 6 heteroatoms. The number of hydrogen-bond donors (Lipinski definition) is 0. The standard InChI is InChI=1S/C12H14BrClN4/c1-3-5-8-10(13)11(14)17-12(16-8)9-6-15-7-18(9)4-2/h6-7H,3-5H2,1-2H3. The van der Waals surface area contributed by atoms with Crippen LogP contribution in [0.15, 0.2) is 17.0 Å². The molecule has 0 unspecified atom stereocenters. The Balaban J connectivity index is 2.52. The molecule has 0 radical (unpaired) electrons. The van der Waals surface area contributed by atoms with Gasteiger partial charge in [-0.1, -0.05) is 24.9 Å². The topological polar surface area (TPSA) is 43.6 Å². The fraction of sp³-hybridized carbons (Fsp3) is 0.417. The molecule has 2 heterocycles. The normalized spacial score (nSPS) is 10.9. The quantitative estimate of drug-likeness (QED) is 0.803. The van der Waals surface area contributed by atoms with Crippen LogP contribution in [-0.2, 0) is 13.0 Å². The van der Waals surface area contributed by atoms with Crippen LogP contribution >= 0.6 is 27.5 Å². The van der Waals surface area contributed by atoms with E-state index in [1.165, 1.54) is 0 Å². The fourth-order valence-corrected chi connectivity index (χ4v) is 2.30. The van der Waals surface area contributed by atoms with E-state index >= 15 is 0 Å². The van der Waals surface area contributed by atoms with E-state index in [9.17, 15) is 0 Å². The maximum Gasteiger partial charge on any atom is 0.179 e. The molecule has 0 N–H and O–H groups in total. The molecule has 0 amide bonds. The molecule has 2 aromatic heterocycles. The Morgan fingerprint density at radius 3 is 2.78 bits per heavy atom. The molecule has 18 heavy (non-hydrogen) atoms. The molecule has 0 saturated heterocycles. The number of nitrogens with zero attached hydrogens (tertiary/aromatic N) is 4. The van der Waals surface area contributed by atoms with Crippen molar-refractivity contribution in [2.45, 2.75) is 33.2 Å². The van der Waals surface area contributed by atoms with Gasteiger partial charge in [-0.25, -0.2) is 15.0 Å². The molecular weight excluding hydrogens is 316 g/mol. The van der Waals surface area contributed by atoms with E-state index in [1.54, 1.807) is 12.5 Å². The van der Waals surface area contributed by atoms with E-state index < -0.39 is 0 Å². The number of rotatable bonds is 4. The zero-order chi connectivity index (χ0) is 13.1. The highest BCUT2D eigenvalue weighted by atomic mass is 79.9. The average Bonchev–Trinajstić information content (AvgIpc) is 2.83. The summed E-state index contributed by atoms with van der Waals surface area (Å²) in [6.07, 6.45) is 5.42. The van der Waals surface area contributed by atoms with Gasteiger partial charge in [-0.15, -0.1) is 0 Å². The summed E-state index contributed by atoms with van der Waals surface area (Å²) in [6.45, 7) is 4.99. The van der Waals surface area contributed by atoms with Crippen molar-refractivity contribution >= 4 is 27.5 Å². The molecule has 0 saturated carbocycles. The van der Waals surface area contributed by atoms with Gasteiger partial charge < -0.3 is 4.57 Å². The Morgan fingerprint density at radius 1 is 1.33 bits per heavy atom. The van der Waals surface area contributed by atoms with Crippen LogP contribution in [0.2, 0.25) is 5.15 Å². The van der Waals surface area contributed by atoms with Gasteiger partial charge in [0.05, 0.1) is 22.7 Å². The summed E-state index contributed by atoms with van der Waals surface area (Å²) in [6, 6.07) is 0. The van der Waals surface area contributed by atoms with E-state index in [-0.39, 0.29) is 0 Å². The summed E-state index contributed by atoms with van der Waals surface area (Å²) >= 11 is 9.57. The van der Waals surface area contributed by atoms with Gasteiger partial charge in [-0.2, -0.15) is 0 Å². The first-order valence-corrected chi connectivity index (χ1v) is 7.06. The van der Waals surface area contributed by atoms with Crippen molar-refractivity contribution in [2.24, 2.45) is 0 Å². The fourth-order valence-electron chi connectivity index (χ4n) is 1.74. The van der Waals surface area contributed by atoms with E-state index in [4.69, 9.17) is 11.6 Å². The first kappa shape index (κ1) is 13.5. The van der Waals surface area contributed by atoms with Crippen molar-refractivity contribution in [2.75, 3.05) is 0 Å². The third-order valence-corrected chi connectivity index (χ3v) is 3.98. The highest BCUT2D eigenvalue weighted by Crippen LogP contribution is 2.27. The van der Waals surface area contributed by atoms with E-state index in [1.807, 2.05) is 4.57 Å². The van der Waals surface area contributed by atoms with Crippen LogP contribution in [-0.4, -0.2) is 19.5 Å². The molecule has 0 bridgehead atoms. The van der Waals surface area contributed by atoms with Gasteiger partial charge in [0.25, 0.3) is 0 Å². The third kappa shape index (κ3) is 2.57. The zero-order valence-corrected chi connectivity index (χ0v) is 12.7. The molecule has 2 aromatic rings. The lowest BCUT2D eigenvalue weighted by Crippen LogP contribution is -2.02. The molecule has 96 valence electrons. The lowest BCUT2D eigenvalue weighted by atomic mass is 10.2. The predicted molar refractivity (Wildman–Crippen MR) is 75.6 cm³/mol. The minimum atomic E-state index is 0.451. The van der Waals surface area contributed by atoms with Crippen LogP contribution in [0.5, 0.6) is 0 Å². The molecule has 4 nitrogen and oxygen atoms in total. The molecule has 0 aromatic carbocycles. The second-order valence-corrected chi connectivity index (χ2v) is 5.06. The molecule has 0 fully saturated rings. The number of aryl methyl sites for hydroxylation is 2. The van der Waals surface area contributed by atoms with Crippen LogP contribution in [0.25, 0.3) is 11.5 Å². The Bertz CT molecular complexity index is 553. The molecule has 0 aliphatic rings. The van der Waals surface area contributed by atoms with Gasteiger partial charge in [-0.3, -0.25) is 0 Å². The monoisotopic (exact) mass is 328 g/mol. The van der Waals surface area contributed by atoms with Gasteiger partial charge >= 0.3 is 0 Å². The summed E-state index contributed by atoms with van der Waals surface area (Å²) in [5.41, 5.74) is 1.83. The van der Waals surface area contributed by atoms with Crippen molar-refractivity contribution in [3.8, 4) is 11.5 Å². The first-order chi connectivity index (χ1) is 8.67. The third-order valence-electron chi connectivity index (χ3n) is 2.65. The second kappa shape index (κ2) is 5.80. The largest absolute Gasteiger partial charge is 0.328 e. The van der Waals surface area contributed by atoms with Gasteiger partial charge in [0, 0.05) is 6.54 Å². The van der Waals surface area contributed by atoms with E-state index in [2.05, 4.69) is 44.7 Å². The lowest BCUT2D eigenvalue weighted by Gasteiger charge is -2.08. The molecule has 0 spiro atoms. The summed E-state index contributed by atoms with van der Waals surface area (Å²) in [5.74, 6) is 0.631. The minimum absolute atomic E-state index is 0.451. The van der Waals surface area contributed by atoms with Gasteiger partial charge in [0.15, 0.2) is 5.82 Å². The van der Waals surface area contributed by atoms with Crippen molar-refractivity contribution in [1.29, 1.82) is 0 Å². The van der Waals surface area contributed by atoms with Crippen LogP contribution in [0, 0.1) is 0 Å². The SMILES string of the molecule is CCCc1nc(-c2cncn2CC)nc(Cl)c1Br. The molecular formula is C12H14BrClN4. The highest BCUT2D eigenvalue weighted by Gasteiger charge is 2.14. The van der Waals surface area contributed by atoms with Crippen molar-refractivity contribution in [3.63, 3.8) is 0 Å². The Morgan fingerprint density at radius 2 is 2.11 bits per heavy atom. The van der Waals surface area contributed by atoms with Gasteiger partial charge in [-0.05, 0) is 29.3 Å². The summed E-state index contributed by atoms with van der Waals surface area (Å²) < 4.78 is 2.78. The van der Waals surface area contributed by atoms with Crippen LogP contribution in [0.3, 0.4) is 0 Å². The maximum absolute atomic E-state index is 6.14. The smallest absolute Gasteiger partial charge is 0.179 e. The van der Waals surface area contributed by atoms with E-state index in [0.29, 0.717) is 11.0 Å². The molecule has 0 aliphatic heterocycles. The van der Waals surface area contributed by atoms with Crippen LogP contribution < -0.4 is 0 Å². The zero-order valence-electron chi connectivity index (χ0n) is 10.3. The van der Waals surface area contributed by atoms with Crippen molar-refractivity contribution in [1.82, 2.24) is 19.5 Å². The van der Waals surface area contributed by atoms with Crippen molar-refractivity contribution in [3.05, 3.63) is 27.8 Å². The number of aromatic nitrogens is 4. The highest BCUT2D eigenvalue weighted by molar-refractivity contribution is 9.10. The molecule has 0 atom stereocenters. The Kier molecular flexibility index (Phi) is 4.35. The number of hydrogen-bond acceptors (Lipinski definition) is 3. The first-order valence-electron chi connectivity index (χ1n) is 5.89. The predicted octanol–water partition coefficient (Wildman–Crippen LogP) is 3.73.